The Morgan fingerprint density at radius 2 is 1.71 bits per heavy atom. The Morgan fingerprint density at radius 3 is 2.24 bits per heavy atom. The molecule has 0 aromatic heterocycles. The van der Waals surface area contributed by atoms with Gasteiger partial charge >= 0.3 is 0 Å². The average Bonchev–Trinajstić information content (AvgIpc) is 2.38. The fraction of sp³-hybridized carbons (Fsp3) is 0.200. The standard InChI is InChI=1S/C15H15BrClNO2S/c1-10(2)11-3-6-13(7-4-11)18-21(19,20)15-8-5-12(16)9-14(15)17/h3-10,18H,1-2H3. The van der Waals surface area contributed by atoms with E-state index in [-0.39, 0.29) is 9.92 Å². The van der Waals surface area contributed by atoms with Crippen molar-refractivity contribution in [3.63, 3.8) is 0 Å². The molecule has 0 saturated heterocycles. The van der Waals surface area contributed by atoms with E-state index in [1.54, 1.807) is 24.3 Å². The van der Waals surface area contributed by atoms with Crippen LogP contribution in [0.3, 0.4) is 0 Å². The Kier molecular flexibility index (Phi) is 4.96. The number of anilines is 1. The highest BCUT2D eigenvalue weighted by Crippen LogP contribution is 2.27. The first-order valence-electron chi connectivity index (χ1n) is 6.37. The van der Waals surface area contributed by atoms with Gasteiger partial charge in [-0.15, -0.1) is 0 Å². The van der Waals surface area contributed by atoms with Gasteiger partial charge in [-0.3, -0.25) is 4.72 Å². The van der Waals surface area contributed by atoms with Crippen LogP contribution in [0.1, 0.15) is 25.3 Å². The van der Waals surface area contributed by atoms with E-state index in [2.05, 4.69) is 34.5 Å². The number of hydrogen-bond donors (Lipinski definition) is 1. The highest BCUT2D eigenvalue weighted by molar-refractivity contribution is 9.10. The molecule has 0 fully saturated rings. The van der Waals surface area contributed by atoms with Gasteiger partial charge in [0.15, 0.2) is 0 Å². The summed E-state index contributed by atoms with van der Waals surface area (Å²) >= 11 is 9.25. The second-order valence-corrected chi connectivity index (χ2v) is 7.93. The van der Waals surface area contributed by atoms with Crippen molar-refractivity contribution in [1.29, 1.82) is 0 Å². The molecule has 112 valence electrons. The molecule has 0 spiro atoms. The van der Waals surface area contributed by atoms with Gasteiger partial charge < -0.3 is 0 Å². The first kappa shape index (κ1) is 16.3. The molecule has 0 aliphatic rings. The van der Waals surface area contributed by atoms with E-state index in [0.717, 1.165) is 10.0 Å². The molecule has 2 aromatic rings. The van der Waals surface area contributed by atoms with Crippen LogP contribution < -0.4 is 4.72 Å². The third kappa shape index (κ3) is 3.99. The summed E-state index contributed by atoms with van der Waals surface area (Å²) in [6.45, 7) is 4.17. The Morgan fingerprint density at radius 1 is 1.10 bits per heavy atom. The maximum absolute atomic E-state index is 12.3. The lowest BCUT2D eigenvalue weighted by Gasteiger charge is -2.11. The fourth-order valence-electron chi connectivity index (χ4n) is 1.84. The molecule has 0 atom stereocenters. The summed E-state index contributed by atoms with van der Waals surface area (Å²) in [6, 6.07) is 12.0. The van der Waals surface area contributed by atoms with Gasteiger partial charge in [0.05, 0.1) is 5.02 Å². The Labute approximate surface area is 138 Å². The zero-order chi connectivity index (χ0) is 15.6. The molecule has 6 heteroatoms. The molecule has 0 unspecified atom stereocenters. The summed E-state index contributed by atoms with van der Waals surface area (Å²) in [4.78, 5) is 0.0558. The van der Waals surface area contributed by atoms with E-state index < -0.39 is 10.0 Å². The van der Waals surface area contributed by atoms with Gasteiger partial charge in [-0.25, -0.2) is 8.42 Å². The molecule has 1 N–H and O–H groups in total. The number of hydrogen-bond acceptors (Lipinski definition) is 2. The number of sulfonamides is 1. The van der Waals surface area contributed by atoms with Gasteiger partial charge in [0.2, 0.25) is 0 Å². The summed E-state index contributed by atoms with van der Waals surface area (Å²) in [5.41, 5.74) is 1.66. The predicted molar refractivity (Wildman–Crippen MR) is 90.5 cm³/mol. The van der Waals surface area contributed by atoms with Crippen molar-refractivity contribution in [3.8, 4) is 0 Å². The zero-order valence-corrected chi connectivity index (χ0v) is 14.8. The molecule has 0 aliphatic heterocycles. The van der Waals surface area contributed by atoms with Crippen molar-refractivity contribution in [1.82, 2.24) is 0 Å². The summed E-state index contributed by atoms with van der Waals surface area (Å²) in [5, 5.41) is 0.177. The molecule has 0 radical (unpaired) electrons. The van der Waals surface area contributed by atoms with Crippen LogP contribution in [0.5, 0.6) is 0 Å². The highest BCUT2D eigenvalue weighted by Gasteiger charge is 2.18. The predicted octanol–water partition coefficient (Wildman–Crippen LogP) is 5.03. The molecule has 0 aliphatic carbocycles. The smallest absolute Gasteiger partial charge is 0.263 e. The minimum Gasteiger partial charge on any atom is -0.280 e. The van der Waals surface area contributed by atoms with Crippen LogP contribution in [-0.4, -0.2) is 8.42 Å². The van der Waals surface area contributed by atoms with Gasteiger partial charge in [-0.1, -0.05) is 53.5 Å². The molecule has 0 bridgehead atoms. The lowest BCUT2D eigenvalue weighted by Crippen LogP contribution is -2.13. The molecule has 0 heterocycles. The lowest BCUT2D eigenvalue weighted by atomic mass is 10.0. The van der Waals surface area contributed by atoms with Crippen LogP contribution in [0.15, 0.2) is 51.8 Å². The van der Waals surface area contributed by atoms with Crippen molar-refractivity contribution in [3.05, 3.63) is 57.5 Å². The minimum absolute atomic E-state index is 0.0558. The summed E-state index contributed by atoms with van der Waals surface area (Å²) in [6.07, 6.45) is 0. The maximum atomic E-state index is 12.3. The van der Waals surface area contributed by atoms with Crippen molar-refractivity contribution in [2.24, 2.45) is 0 Å². The number of halogens is 2. The van der Waals surface area contributed by atoms with E-state index in [1.165, 1.54) is 6.07 Å². The van der Waals surface area contributed by atoms with Crippen molar-refractivity contribution < 1.29 is 8.42 Å². The van der Waals surface area contributed by atoms with E-state index in [0.29, 0.717) is 11.6 Å². The van der Waals surface area contributed by atoms with Crippen LogP contribution in [-0.2, 0) is 10.0 Å². The quantitative estimate of drug-likeness (QED) is 0.798. The largest absolute Gasteiger partial charge is 0.280 e. The minimum atomic E-state index is -3.70. The SMILES string of the molecule is CC(C)c1ccc(NS(=O)(=O)c2ccc(Br)cc2Cl)cc1. The topological polar surface area (TPSA) is 46.2 Å². The molecule has 2 rings (SSSR count). The third-order valence-electron chi connectivity index (χ3n) is 3.01. The van der Waals surface area contributed by atoms with E-state index in [9.17, 15) is 8.42 Å². The summed E-state index contributed by atoms with van der Waals surface area (Å²) in [5.74, 6) is 0.400. The van der Waals surface area contributed by atoms with E-state index >= 15 is 0 Å². The first-order chi connectivity index (χ1) is 9.79. The monoisotopic (exact) mass is 387 g/mol. The zero-order valence-electron chi connectivity index (χ0n) is 11.6. The van der Waals surface area contributed by atoms with Gasteiger partial charge in [-0.05, 0) is 41.8 Å². The fourth-order valence-corrected chi connectivity index (χ4v) is 3.94. The Bertz CT molecular complexity index is 743. The second kappa shape index (κ2) is 6.38. The molecular formula is C15H15BrClNO2S. The van der Waals surface area contributed by atoms with Crippen molar-refractivity contribution in [2.75, 3.05) is 4.72 Å². The lowest BCUT2D eigenvalue weighted by molar-refractivity contribution is 0.601. The van der Waals surface area contributed by atoms with Gasteiger partial charge in [-0.2, -0.15) is 0 Å². The van der Waals surface area contributed by atoms with Crippen LogP contribution in [0.25, 0.3) is 0 Å². The third-order valence-corrected chi connectivity index (χ3v) is 5.37. The molecule has 0 amide bonds. The number of benzene rings is 2. The second-order valence-electron chi connectivity index (χ2n) is 4.96. The normalized spacial score (nSPS) is 11.7. The van der Waals surface area contributed by atoms with Gasteiger partial charge in [0.25, 0.3) is 10.0 Å². The maximum Gasteiger partial charge on any atom is 0.263 e. The summed E-state index contributed by atoms with van der Waals surface area (Å²) < 4.78 is 27.9. The van der Waals surface area contributed by atoms with Crippen LogP contribution in [0.4, 0.5) is 5.69 Å². The van der Waals surface area contributed by atoms with Crippen LogP contribution in [0.2, 0.25) is 5.02 Å². The first-order valence-corrected chi connectivity index (χ1v) is 9.03. The molecule has 3 nitrogen and oxygen atoms in total. The number of rotatable bonds is 4. The van der Waals surface area contributed by atoms with Crippen LogP contribution >= 0.6 is 27.5 Å². The highest BCUT2D eigenvalue weighted by atomic mass is 79.9. The van der Waals surface area contributed by atoms with E-state index in [4.69, 9.17) is 11.6 Å². The molecule has 0 saturated carbocycles. The molecule has 2 aromatic carbocycles. The average molecular weight is 389 g/mol. The summed E-state index contributed by atoms with van der Waals surface area (Å²) in [7, 11) is -3.70. The van der Waals surface area contributed by atoms with Gasteiger partial charge in [0, 0.05) is 10.2 Å². The molecule has 21 heavy (non-hydrogen) atoms. The Hall–Kier alpha value is -1.04. The van der Waals surface area contributed by atoms with E-state index in [1.807, 2.05) is 12.1 Å². The van der Waals surface area contributed by atoms with Crippen LogP contribution in [0, 0.1) is 0 Å². The van der Waals surface area contributed by atoms with Gasteiger partial charge in [0.1, 0.15) is 4.90 Å². The number of nitrogens with one attached hydrogen (secondary N) is 1. The molecular weight excluding hydrogens is 374 g/mol. The van der Waals surface area contributed by atoms with Crippen molar-refractivity contribution >= 4 is 43.2 Å². The van der Waals surface area contributed by atoms with Crippen molar-refractivity contribution in [2.45, 2.75) is 24.7 Å². The Balaban J connectivity index is 2.28.